The second-order valence-corrected chi connectivity index (χ2v) is 9.37. The Hall–Kier alpha value is -3.58. The maximum absolute atomic E-state index is 14.3. The molecule has 1 aromatic carbocycles. The van der Waals surface area contributed by atoms with E-state index in [0.717, 1.165) is 11.3 Å². The molecule has 33 heavy (non-hydrogen) atoms. The number of nitrogens with one attached hydrogen (secondary N) is 1. The first kappa shape index (κ1) is 22.6. The predicted octanol–water partition coefficient (Wildman–Crippen LogP) is 4.04. The summed E-state index contributed by atoms with van der Waals surface area (Å²) in [6, 6.07) is 3.08. The highest BCUT2D eigenvalue weighted by molar-refractivity contribution is 5.74. The van der Waals surface area contributed by atoms with Gasteiger partial charge >= 0.3 is 6.09 Å². The van der Waals surface area contributed by atoms with Crippen LogP contribution in [0, 0.1) is 19.7 Å². The van der Waals surface area contributed by atoms with Gasteiger partial charge in [-0.15, -0.1) is 0 Å². The van der Waals surface area contributed by atoms with Crippen LogP contribution in [0.2, 0.25) is 0 Å². The molecule has 1 aromatic heterocycles. The summed E-state index contributed by atoms with van der Waals surface area (Å²) in [6.45, 7) is 11.3. The average Bonchev–Trinajstić information content (AvgIpc) is 3.34. The summed E-state index contributed by atoms with van der Waals surface area (Å²) in [5.74, 6) is 2.44. The van der Waals surface area contributed by atoms with Crippen LogP contribution in [-0.2, 0) is 16.0 Å². The average molecular weight is 454 g/mol. The molecular formula is C24H28FN5O3. The first-order valence-corrected chi connectivity index (χ1v) is 10.9. The van der Waals surface area contributed by atoms with E-state index in [1.807, 2.05) is 33.6 Å². The number of carbonyl (C=O) groups excluding carboxylic acids is 2. The van der Waals surface area contributed by atoms with Crippen molar-refractivity contribution in [3.63, 3.8) is 0 Å². The van der Waals surface area contributed by atoms with E-state index in [1.165, 1.54) is 0 Å². The monoisotopic (exact) mass is 453 g/mol. The van der Waals surface area contributed by atoms with Gasteiger partial charge in [-0.05, 0) is 64.8 Å². The van der Waals surface area contributed by atoms with Gasteiger partial charge in [0.15, 0.2) is 5.94 Å². The summed E-state index contributed by atoms with van der Waals surface area (Å²) in [6.07, 6.45) is 3.44. The zero-order chi connectivity index (χ0) is 24.1. The summed E-state index contributed by atoms with van der Waals surface area (Å²) in [5.41, 5.74) is 2.64. The van der Waals surface area contributed by atoms with E-state index >= 15 is 0 Å². The lowest BCUT2D eigenvalue weighted by Gasteiger charge is -2.35. The van der Waals surface area contributed by atoms with Crippen molar-refractivity contribution in [1.82, 2.24) is 20.0 Å². The number of hydrogen-bond acceptors (Lipinski definition) is 6. The van der Waals surface area contributed by atoms with Gasteiger partial charge in [0.1, 0.15) is 17.2 Å². The number of amides is 1. The zero-order valence-electron chi connectivity index (χ0n) is 19.7. The highest BCUT2D eigenvalue weighted by Crippen LogP contribution is 2.40. The quantitative estimate of drug-likeness (QED) is 0.692. The highest BCUT2D eigenvalue weighted by Gasteiger charge is 2.38. The van der Waals surface area contributed by atoms with Crippen molar-refractivity contribution in [2.75, 3.05) is 11.4 Å². The first-order chi connectivity index (χ1) is 15.5. The summed E-state index contributed by atoms with van der Waals surface area (Å²) >= 11 is 0. The maximum Gasteiger partial charge on any atom is 0.410 e. The number of hydrogen-bond donors (Lipinski definition) is 1. The molecule has 2 aliphatic rings. The van der Waals surface area contributed by atoms with Gasteiger partial charge in [0.05, 0.1) is 17.4 Å². The number of benzene rings is 1. The second kappa shape index (κ2) is 8.08. The Balaban J connectivity index is 1.88. The third-order valence-electron chi connectivity index (χ3n) is 5.75. The zero-order valence-corrected chi connectivity index (χ0v) is 19.7. The Kier molecular flexibility index (Phi) is 5.54. The molecule has 8 nitrogen and oxygen atoms in total. The van der Waals surface area contributed by atoms with Gasteiger partial charge in [0, 0.05) is 30.9 Å². The van der Waals surface area contributed by atoms with Gasteiger partial charge in [0.2, 0.25) is 5.82 Å². The molecule has 2 aliphatic heterocycles. The number of aromatic nitrogens is 2. The smallest absolute Gasteiger partial charge is 0.410 e. The first-order valence-electron chi connectivity index (χ1n) is 10.9. The summed E-state index contributed by atoms with van der Waals surface area (Å²) in [4.78, 5) is 27.9. The van der Waals surface area contributed by atoms with Crippen molar-refractivity contribution in [3.8, 4) is 5.69 Å². The number of halogens is 1. The lowest BCUT2D eigenvalue weighted by molar-refractivity contribution is 0.0160. The third kappa shape index (κ3) is 4.00. The number of ether oxygens (including phenoxy) is 1. The molecule has 0 spiro atoms. The fraction of sp³-hybridized carbons (Fsp3) is 0.417. The van der Waals surface area contributed by atoms with Crippen LogP contribution in [0.25, 0.3) is 5.69 Å². The van der Waals surface area contributed by atoms with Crippen molar-refractivity contribution in [1.29, 1.82) is 0 Å². The van der Waals surface area contributed by atoms with Crippen LogP contribution in [0.1, 0.15) is 56.1 Å². The number of nitrogens with zero attached hydrogens (tertiary/aromatic N) is 4. The molecule has 0 aliphatic carbocycles. The van der Waals surface area contributed by atoms with E-state index in [1.54, 1.807) is 52.9 Å². The van der Waals surface area contributed by atoms with Gasteiger partial charge in [-0.25, -0.2) is 18.7 Å². The summed E-state index contributed by atoms with van der Waals surface area (Å²) < 4.78 is 21.7. The lowest BCUT2D eigenvalue weighted by atomic mass is 9.99. The molecule has 0 radical (unpaired) electrons. The predicted molar refractivity (Wildman–Crippen MR) is 122 cm³/mol. The summed E-state index contributed by atoms with van der Waals surface area (Å²) in [5, 5.41) is 7.71. The van der Waals surface area contributed by atoms with E-state index in [9.17, 15) is 14.0 Å². The topological polar surface area (TPSA) is 79.7 Å². The van der Waals surface area contributed by atoms with Crippen LogP contribution in [0.3, 0.4) is 0 Å². The molecule has 0 saturated carbocycles. The molecule has 0 fully saturated rings. The Morgan fingerprint density at radius 3 is 2.55 bits per heavy atom. The van der Waals surface area contributed by atoms with Crippen molar-refractivity contribution in [2.45, 2.75) is 59.6 Å². The molecule has 2 aromatic rings. The van der Waals surface area contributed by atoms with E-state index in [-0.39, 0.29) is 17.7 Å². The minimum Gasteiger partial charge on any atom is -0.444 e. The maximum atomic E-state index is 14.3. The molecule has 4 rings (SSSR count). The van der Waals surface area contributed by atoms with Crippen LogP contribution in [-0.4, -0.2) is 38.9 Å². The van der Waals surface area contributed by atoms with Crippen molar-refractivity contribution in [3.05, 3.63) is 58.6 Å². The largest absolute Gasteiger partial charge is 0.444 e. The standard InChI is InChI=1S/C24H28FN5O3/c1-14-11-17(12-15(2)21(14)25)30-22(29-10-8-26-19(29)13-31)20-16(3)28(9-7-18(20)27-30)23(32)33-24(4,5)6/h8,10-12,16,26H,7,9H2,1-6H3/t16-/m0/s1. The molecule has 0 bridgehead atoms. The van der Waals surface area contributed by atoms with Crippen LogP contribution in [0.5, 0.6) is 0 Å². The van der Waals surface area contributed by atoms with Crippen LogP contribution < -0.4 is 10.2 Å². The number of aryl methyl sites for hydroxylation is 2. The molecule has 1 N–H and O–H groups in total. The normalized spacial score (nSPS) is 17.7. The Morgan fingerprint density at radius 1 is 1.27 bits per heavy atom. The van der Waals surface area contributed by atoms with Crippen LogP contribution in [0.4, 0.5) is 15.0 Å². The number of rotatable bonds is 2. The van der Waals surface area contributed by atoms with Gasteiger partial charge in [0.25, 0.3) is 0 Å². The Labute approximate surface area is 192 Å². The Morgan fingerprint density at radius 2 is 1.94 bits per heavy atom. The van der Waals surface area contributed by atoms with Gasteiger partial charge < -0.3 is 15.0 Å². The Bertz CT molecular complexity index is 1180. The SMILES string of the molecule is Cc1cc(-n2nc3c(c2N2C=CNC2=C=O)[C@H](C)N(C(=O)OC(C)(C)C)CC3)cc(C)c1F. The lowest BCUT2D eigenvalue weighted by Crippen LogP contribution is -2.42. The number of carbonyl (C=O) groups is 1. The summed E-state index contributed by atoms with van der Waals surface area (Å²) in [7, 11) is 0. The highest BCUT2D eigenvalue weighted by atomic mass is 19.1. The van der Waals surface area contributed by atoms with Crippen LogP contribution in [0.15, 0.2) is 30.4 Å². The second-order valence-electron chi connectivity index (χ2n) is 9.37. The van der Waals surface area contributed by atoms with E-state index in [2.05, 4.69) is 5.32 Å². The number of anilines is 1. The van der Waals surface area contributed by atoms with Crippen molar-refractivity contribution >= 4 is 17.9 Å². The van der Waals surface area contributed by atoms with Crippen molar-refractivity contribution in [2.24, 2.45) is 0 Å². The molecule has 174 valence electrons. The van der Waals surface area contributed by atoms with E-state index < -0.39 is 11.7 Å². The fourth-order valence-corrected chi connectivity index (χ4v) is 4.27. The minimum absolute atomic E-state index is 0.205. The molecule has 0 saturated heterocycles. The van der Waals surface area contributed by atoms with E-state index in [4.69, 9.17) is 9.84 Å². The molecule has 3 heterocycles. The third-order valence-corrected chi connectivity index (χ3v) is 5.75. The van der Waals surface area contributed by atoms with Gasteiger partial charge in [-0.2, -0.15) is 5.10 Å². The molecule has 9 heteroatoms. The number of fused-ring (bicyclic) bond motifs is 1. The van der Waals surface area contributed by atoms with E-state index in [0.29, 0.717) is 35.6 Å². The molecule has 1 atom stereocenters. The van der Waals surface area contributed by atoms with Gasteiger partial charge in [-0.1, -0.05) is 0 Å². The van der Waals surface area contributed by atoms with Gasteiger partial charge in [-0.3, -0.25) is 4.90 Å². The van der Waals surface area contributed by atoms with Crippen LogP contribution >= 0.6 is 0 Å². The minimum atomic E-state index is -0.623. The molecule has 0 unspecified atom stereocenters. The molecule has 1 amide bonds. The fourth-order valence-electron chi connectivity index (χ4n) is 4.27. The van der Waals surface area contributed by atoms with Crippen molar-refractivity contribution < 1.29 is 18.7 Å². The molecular weight excluding hydrogens is 425 g/mol.